The summed E-state index contributed by atoms with van der Waals surface area (Å²) in [6.07, 6.45) is 20.1. The fourth-order valence-electron chi connectivity index (χ4n) is 3.20. The van der Waals surface area contributed by atoms with E-state index in [1.165, 1.54) is 83.5 Å². The Kier molecular flexibility index (Phi) is 16.4. The first-order valence-electron chi connectivity index (χ1n) is 9.92. The lowest BCUT2D eigenvalue weighted by atomic mass is 9.90. The molecule has 0 aromatic heterocycles. The Bertz CT molecular complexity index is 238. The van der Waals surface area contributed by atoms with Crippen molar-refractivity contribution < 1.29 is 9.90 Å². The maximum absolute atomic E-state index is 10.4. The Labute approximate surface area is 139 Å². The van der Waals surface area contributed by atoms with Gasteiger partial charge in [0.1, 0.15) is 0 Å². The highest BCUT2D eigenvalue weighted by atomic mass is 16.4. The molecule has 0 saturated heterocycles. The third-order valence-corrected chi connectivity index (χ3v) is 4.68. The minimum absolute atomic E-state index is 0.344. The van der Waals surface area contributed by atoms with E-state index in [0.717, 1.165) is 18.8 Å². The van der Waals surface area contributed by atoms with Gasteiger partial charge in [-0.1, -0.05) is 104 Å². The molecule has 0 aliphatic carbocycles. The van der Waals surface area contributed by atoms with Crippen molar-refractivity contribution >= 4 is 5.97 Å². The van der Waals surface area contributed by atoms with Gasteiger partial charge in [-0.05, 0) is 12.3 Å². The van der Waals surface area contributed by atoms with Crippen molar-refractivity contribution in [2.24, 2.45) is 5.92 Å². The molecule has 1 unspecified atom stereocenters. The van der Waals surface area contributed by atoms with Crippen LogP contribution in [0.15, 0.2) is 0 Å². The van der Waals surface area contributed by atoms with Gasteiger partial charge in [0.15, 0.2) is 0 Å². The second-order valence-corrected chi connectivity index (χ2v) is 6.91. The summed E-state index contributed by atoms with van der Waals surface area (Å²) in [5.41, 5.74) is 0. The molecule has 2 nitrogen and oxygen atoms in total. The SMILES string of the molecule is CCCCCCC(CCCC)CCCCCCCCC(=O)O. The molecule has 0 spiro atoms. The van der Waals surface area contributed by atoms with Gasteiger partial charge >= 0.3 is 5.97 Å². The maximum atomic E-state index is 10.4. The molecular formula is C20H40O2. The fourth-order valence-corrected chi connectivity index (χ4v) is 3.20. The molecule has 0 fully saturated rings. The first kappa shape index (κ1) is 21.5. The standard InChI is InChI=1S/C20H40O2/c1-3-5-7-12-16-19(15-6-4-2)17-13-10-8-9-11-14-18-20(21)22/h19H,3-18H2,1-2H3,(H,21,22). The Hall–Kier alpha value is -0.530. The van der Waals surface area contributed by atoms with Crippen molar-refractivity contribution in [3.05, 3.63) is 0 Å². The molecule has 0 amide bonds. The van der Waals surface area contributed by atoms with Crippen molar-refractivity contribution in [3.63, 3.8) is 0 Å². The van der Waals surface area contributed by atoms with Crippen LogP contribution in [0.3, 0.4) is 0 Å². The van der Waals surface area contributed by atoms with Crippen LogP contribution in [0.25, 0.3) is 0 Å². The number of hydrogen-bond acceptors (Lipinski definition) is 1. The molecule has 1 N–H and O–H groups in total. The molecule has 0 bridgehead atoms. The quantitative estimate of drug-likeness (QED) is 0.294. The second-order valence-electron chi connectivity index (χ2n) is 6.91. The van der Waals surface area contributed by atoms with Crippen LogP contribution in [0, 0.1) is 5.92 Å². The zero-order chi connectivity index (χ0) is 16.5. The molecular weight excluding hydrogens is 272 g/mol. The minimum atomic E-state index is -0.651. The van der Waals surface area contributed by atoms with Crippen LogP contribution >= 0.6 is 0 Å². The molecule has 0 aromatic rings. The van der Waals surface area contributed by atoms with E-state index < -0.39 is 5.97 Å². The largest absolute Gasteiger partial charge is 0.481 e. The minimum Gasteiger partial charge on any atom is -0.481 e. The number of carboxylic acids is 1. The number of carbonyl (C=O) groups is 1. The molecule has 1 atom stereocenters. The van der Waals surface area contributed by atoms with E-state index in [0.29, 0.717) is 6.42 Å². The number of aliphatic carboxylic acids is 1. The average molecular weight is 313 g/mol. The number of hydrogen-bond donors (Lipinski definition) is 1. The lowest BCUT2D eigenvalue weighted by Gasteiger charge is -2.16. The Morgan fingerprint density at radius 1 is 0.682 bits per heavy atom. The van der Waals surface area contributed by atoms with Gasteiger partial charge in [0.05, 0.1) is 0 Å². The summed E-state index contributed by atoms with van der Waals surface area (Å²) in [6, 6.07) is 0. The van der Waals surface area contributed by atoms with E-state index in [9.17, 15) is 4.79 Å². The first-order chi connectivity index (χ1) is 10.7. The third kappa shape index (κ3) is 15.9. The molecule has 0 radical (unpaired) electrons. The van der Waals surface area contributed by atoms with Crippen LogP contribution in [0.1, 0.15) is 117 Å². The third-order valence-electron chi connectivity index (χ3n) is 4.68. The molecule has 0 rings (SSSR count). The van der Waals surface area contributed by atoms with Crippen molar-refractivity contribution in [2.45, 2.75) is 117 Å². The normalized spacial score (nSPS) is 12.5. The van der Waals surface area contributed by atoms with Gasteiger partial charge < -0.3 is 5.11 Å². The van der Waals surface area contributed by atoms with E-state index >= 15 is 0 Å². The van der Waals surface area contributed by atoms with E-state index in [1.807, 2.05) is 0 Å². The Balaban J connectivity index is 3.54. The van der Waals surface area contributed by atoms with Crippen molar-refractivity contribution in [1.29, 1.82) is 0 Å². The van der Waals surface area contributed by atoms with E-state index in [2.05, 4.69) is 13.8 Å². The molecule has 0 heterocycles. The zero-order valence-corrected chi connectivity index (χ0v) is 15.2. The summed E-state index contributed by atoms with van der Waals surface area (Å²) in [4.78, 5) is 10.4. The molecule has 0 aliphatic heterocycles. The second kappa shape index (κ2) is 16.8. The highest BCUT2D eigenvalue weighted by molar-refractivity contribution is 5.66. The smallest absolute Gasteiger partial charge is 0.303 e. The molecule has 0 aromatic carbocycles. The Morgan fingerprint density at radius 3 is 1.68 bits per heavy atom. The topological polar surface area (TPSA) is 37.3 Å². The molecule has 22 heavy (non-hydrogen) atoms. The van der Waals surface area contributed by atoms with Crippen LogP contribution in [-0.2, 0) is 4.79 Å². The monoisotopic (exact) mass is 312 g/mol. The number of unbranched alkanes of at least 4 members (excludes halogenated alkanes) is 9. The summed E-state index contributed by atoms with van der Waals surface area (Å²) in [5.74, 6) is 0.311. The maximum Gasteiger partial charge on any atom is 0.303 e. The van der Waals surface area contributed by atoms with E-state index in [4.69, 9.17) is 5.11 Å². The van der Waals surface area contributed by atoms with Crippen LogP contribution in [0.2, 0.25) is 0 Å². The van der Waals surface area contributed by atoms with Crippen LogP contribution in [0.5, 0.6) is 0 Å². The van der Waals surface area contributed by atoms with Gasteiger partial charge in [0, 0.05) is 6.42 Å². The average Bonchev–Trinajstić information content (AvgIpc) is 2.50. The fraction of sp³-hybridized carbons (Fsp3) is 0.950. The van der Waals surface area contributed by atoms with Gasteiger partial charge in [-0.3, -0.25) is 4.79 Å². The lowest BCUT2D eigenvalue weighted by Crippen LogP contribution is -2.01. The van der Waals surface area contributed by atoms with Gasteiger partial charge in [0.25, 0.3) is 0 Å². The molecule has 132 valence electrons. The predicted octanol–water partition coefficient (Wildman–Crippen LogP) is 6.97. The summed E-state index contributed by atoms with van der Waals surface area (Å²) >= 11 is 0. The van der Waals surface area contributed by atoms with Gasteiger partial charge in [-0.2, -0.15) is 0 Å². The van der Waals surface area contributed by atoms with E-state index in [1.54, 1.807) is 0 Å². The van der Waals surface area contributed by atoms with Gasteiger partial charge in [-0.15, -0.1) is 0 Å². The van der Waals surface area contributed by atoms with Crippen LogP contribution < -0.4 is 0 Å². The summed E-state index contributed by atoms with van der Waals surface area (Å²) < 4.78 is 0. The molecule has 2 heteroatoms. The molecule has 0 saturated carbocycles. The zero-order valence-electron chi connectivity index (χ0n) is 15.2. The van der Waals surface area contributed by atoms with Crippen molar-refractivity contribution in [2.75, 3.05) is 0 Å². The van der Waals surface area contributed by atoms with Gasteiger partial charge in [-0.25, -0.2) is 0 Å². The predicted molar refractivity (Wildman–Crippen MR) is 96.3 cm³/mol. The number of carboxylic acid groups (broad SMARTS) is 1. The van der Waals surface area contributed by atoms with Gasteiger partial charge in [0.2, 0.25) is 0 Å². The first-order valence-corrected chi connectivity index (χ1v) is 9.92. The van der Waals surface area contributed by atoms with Crippen LogP contribution in [0.4, 0.5) is 0 Å². The number of rotatable bonds is 17. The molecule has 0 aliphatic rings. The highest BCUT2D eigenvalue weighted by Gasteiger charge is 2.08. The lowest BCUT2D eigenvalue weighted by molar-refractivity contribution is -0.137. The summed E-state index contributed by atoms with van der Waals surface area (Å²) in [7, 11) is 0. The van der Waals surface area contributed by atoms with Crippen molar-refractivity contribution in [3.8, 4) is 0 Å². The Morgan fingerprint density at radius 2 is 1.14 bits per heavy atom. The van der Waals surface area contributed by atoms with E-state index in [-0.39, 0.29) is 0 Å². The van der Waals surface area contributed by atoms with Crippen molar-refractivity contribution in [1.82, 2.24) is 0 Å². The summed E-state index contributed by atoms with van der Waals surface area (Å²) in [5, 5.41) is 8.59. The summed E-state index contributed by atoms with van der Waals surface area (Å²) in [6.45, 7) is 4.58. The van der Waals surface area contributed by atoms with Crippen LogP contribution in [-0.4, -0.2) is 11.1 Å². The highest BCUT2D eigenvalue weighted by Crippen LogP contribution is 2.23.